The fraction of sp³-hybridized carbons (Fsp3) is 0.933. The van der Waals surface area contributed by atoms with E-state index in [1.165, 1.54) is 58.2 Å². The summed E-state index contributed by atoms with van der Waals surface area (Å²) in [5, 5.41) is 23.2. The lowest BCUT2D eigenvalue weighted by atomic mass is 10.1. The fourth-order valence-electron chi connectivity index (χ4n) is 2.36. The van der Waals surface area contributed by atoms with Crippen molar-refractivity contribution in [1.29, 1.82) is 0 Å². The van der Waals surface area contributed by atoms with Gasteiger partial charge in [0.2, 0.25) is 0 Å². The van der Waals surface area contributed by atoms with Crippen molar-refractivity contribution in [2.24, 2.45) is 0 Å². The molecule has 0 bridgehead atoms. The van der Waals surface area contributed by atoms with Crippen molar-refractivity contribution in [3.05, 3.63) is 0 Å². The first-order valence-corrected chi connectivity index (χ1v) is 7.85. The van der Waals surface area contributed by atoms with Crippen LogP contribution in [0.4, 0.5) is 4.79 Å². The van der Waals surface area contributed by atoms with Gasteiger partial charge in [-0.3, -0.25) is 0 Å². The van der Waals surface area contributed by atoms with Crippen LogP contribution in [0.1, 0.15) is 59.3 Å². The second kappa shape index (κ2) is 14.6. The Morgan fingerprint density at radius 2 is 1.10 bits per heavy atom. The molecule has 0 unspecified atom stereocenters. The highest BCUT2D eigenvalue weighted by Gasteiger charge is 2.24. The van der Waals surface area contributed by atoms with E-state index in [2.05, 4.69) is 20.8 Å². The van der Waals surface area contributed by atoms with Crippen LogP contribution in [0.3, 0.4) is 0 Å². The number of carboxylic acid groups (broad SMARTS) is 2. The second-order valence-electron chi connectivity index (χ2n) is 5.30. The number of aliphatic hydroxyl groups is 1. The predicted octanol–water partition coefficient (Wildman–Crippen LogP) is 3.42. The summed E-state index contributed by atoms with van der Waals surface area (Å²) in [4.78, 5) is 8.56. The van der Waals surface area contributed by atoms with E-state index in [9.17, 15) is 5.11 Å². The van der Waals surface area contributed by atoms with Gasteiger partial charge < -0.3 is 19.8 Å². The summed E-state index contributed by atoms with van der Waals surface area (Å²) in [6, 6.07) is 0. The van der Waals surface area contributed by atoms with Crippen LogP contribution in [0.5, 0.6) is 0 Å². The zero-order valence-electron chi connectivity index (χ0n) is 13.5. The molecule has 5 nitrogen and oxygen atoms in total. The number of carbonyl (C=O) groups is 1. The highest BCUT2D eigenvalue weighted by atomic mass is 16.6. The molecule has 0 aromatic rings. The minimum Gasteiger partial charge on any atom is -0.450 e. The van der Waals surface area contributed by atoms with Crippen LogP contribution in [0.25, 0.3) is 0 Å². The molecular weight excluding hydrogens is 258 g/mol. The molecule has 0 amide bonds. The van der Waals surface area contributed by atoms with Gasteiger partial charge in [0.1, 0.15) is 6.54 Å². The van der Waals surface area contributed by atoms with Gasteiger partial charge in [0.25, 0.3) is 0 Å². The summed E-state index contributed by atoms with van der Waals surface area (Å²) in [6.45, 7) is 11.9. The van der Waals surface area contributed by atoms with Gasteiger partial charge in [-0.1, -0.05) is 40.0 Å². The van der Waals surface area contributed by atoms with E-state index >= 15 is 0 Å². The highest BCUT2D eigenvalue weighted by molar-refractivity contribution is 5.53. The van der Waals surface area contributed by atoms with Gasteiger partial charge in [0.15, 0.2) is 0 Å². The van der Waals surface area contributed by atoms with Crippen LogP contribution in [0, 0.1) is 0 Å². The smallest absolute Gasteiger partial charge is 0.450 e. The molecule has 5 heteroatoms. The Bertz CT molecular complexity index is 196. The Hall–Kier alpha value is -0.810. The third-order valence-electron chi connectivity index (χ3n) is 3.53. The number of nitrogens with zero attached hydrogens (tertiary/aromatic N) is 1. The van der Waals surface area contributed by atoms with E-state index in [1.54, 1.807) is 0 Å². The zero-order chi connectivity index (χ0) is 15.9. The normalized spacial score (nSPS) is 10.8. The SMILES string of the molecule is CCCC[N+](CCO)(CCCC)CCCC.O=C(O)O. The van der Waals surface area contributed by atoms with E-state index < -0.39 is 6.16 Å². The van der Waals surface area contributed by atoms with Crippen molar-refractivity contribution >= 4 is 6.16 Å². The molecule has 0 saturated heterocycles. The molecule has 20 heavy (non-hydrogen) atoms. The number of quaternary nitrogens is 1. The van der Waals surface area contributed by atoms with Crippen molar-refractivity contribution in [2.75, 3.05) is 32.8 Å². The van der Waals surface area contributed by atoms with Crippen LogP contribution in [-0.2, 0) is 0 Å². The van der Waals surface area contributed by atoms with E-state index in [0.29, 0.717) is 6.61 Å². The molecule has 0 atom stereocenters. The standard InChI is InChI=1S/C14H32NO.CH2O3/c1-4-7-10-15(13-14-16,11-8-5-2)12-9-6-3;2-1(3)4/h16H,4-14H2,1-3H3;(H2,2,3,4)/q+1;. The lowest BCUT2D eigenvalue weighted by Crippen LogP contribution is -2.51. The first-order valence-electron chi connectivity index (χ1n) is 7.85. The number of rotatable bonds is 11. The van der Waals surface area contributed by atoms with Crippen LogP contribution >= 0.6 is 0 Å². The summed E-state index contributed by atoms with van der Waals surface area (Å²) in [5.41, 5.74) is 0. The summed E-state index contributed by atoms with van der Waals surface area (Å²) >= 11 is 0. The maximum Gasteiger partial charge on any atom is 0.503 e. The summed E-state index contributed by atoms with van der Waals surface area (Å²) in [7, 11) is 0. The molecule has 0 aliphatic heterocycles. The maximum absolute atomic E-state index is 9.28. The van der Waals surface area contributed by atoms with E-state index in [0.717, 1.165) is 11.0 Å². The lowest BCUT2D eigenvalue weighted by molar-refractivity contribution is -0.929. The zero-order valence-corrected chi connectivity index (χ0v) is 13.5. The van der Waals surface area contributed by atoms with Crippen LogP contribution in [0.15, 0.2) is 0 Å². The van der Waals surface area contributed by atoms with E-state index in [4.69, 9.17) is 15.0 Å². The van der Waals surface area contributed by atoms with Gasteiger partial charge in [-0.15, -0.1) is 0 Å². The molecule has 0 aliphatic rings. The monoisotopic (exact) mass is 292 g/mol. The molecule has 0 rings (SSSR count). The van der Waals surface area contributed by atoms with Crippen molar-refractivity contribution in [3.63, 3.8) is 0 Å². The Morgan fingerprint density at radius 1 is 0.800 bits per heavy atom. The molecule has 0 heterocycles. The molecule has 0 aliphatic carbocycles. The summed E-state index contributed by atoms with van der Waals surface area (Å²) < 4.78 is 1.16. The van der Waals surface area contributed by atoms with Crippen molar-refractivity contribution in [2.45, 2.75) is 59.3 Å². The van der Waals surface area contributed by atoms with Gasteiger partial charge in [-0.25, -0.2) is 4.79 Å². The minimum atomic E-state index is -1.83. The topological polar surface area (TPSA) is 77.8 Å². The minimum absolute atomic E-state index is 0.344. The quantitative estimate of drug-likeness (QED) is 0.510. The molecule has 0 saturated carbocycles. The molecule has 0 fully saturated rings. The van der Waals surface area contributed by atoms with Crippen molar-refractivity contribution in [1.82, 2.24) is 0 Å². The number of unbranched alkanes of at least 4 members (excludes halogenated alkanes) is 3. The van der Waals surface area contributed by atoms with Gasteiger partial charge >= 0.3 is 6.16 Å². The first kappa shape index (κ1) is 21.5. The maximum atomic E-state index is 9.28. The number of hydrogen-bond acceptors (Lipinski definition) is 2. The first-order chi connectivity index (χ1) is 9.47. The Morgan fingerprint density at radius 3 is 1.30 bits per heavy atom. The summed E-state index contributed by atoms with van der Waals surface area (Å²) in [5.74, 6) is 0. The molecule has 122 valence electrons. The predicted molar refractivity (Wildman–Crippen MR) is 82.2 cm³/mol. The second-order valence-corrected chi connectivity index (χ2v) is 5.30. The van der Waals surface area contributed by atoms with E-state index in [-0.39, 0.29) is 0 Å². The average Bonchev–Trinajstić information content (AvgIpc) is 2.40. The summed E-state index contributed by atoms with van der Waals surface area (Å²) in [6.07, 6.45) is 5.87. The highest BCUT2D eigenvalue weighted by Crippen LogP contribution is 2.14. The van der Waals surface area contributed by atoms with Crippen LogP contribution in [0.2, 0.25) is 0 Å². The molecule has 0 aromatic heterocycles. The van der Waals surface area contributed by atoms with Crippen molar-refractivity contribution < 1.29 is 24.6 Å². The largest absolute Gasteiger partial charge is 0.503 e. The molecular formula is C15H34NO4+. The fourth-order valence-corrected chi connectivity index (χ4v) is 2.36. The third-order valence-corrected chi connectivity index (χ3v) is 3.53. The Kier molecular flexibility index (Phi) is 15.7. The van der Waals surface area contributed by atoms with Crippen LogP contribution in [-0.4, -0.2) is 58.7 Å². The molecule has 0 aromatic carbocycles. The van der Waals surface area contributed by atoms with Gasteiger partial charge in [-0.2, -0.15) is 0 Å². The number of hydrogen-bond donors (Lipinski definition) is 3. The van der Waals surface area contributed by atoms with E-state index in [1.807, 2.05) is 0 Å². The lowest BCUT2D eigenvalue weighted by Gasteiger charge is -2.38. The van der Waals surface area contributed by atoms with Crippen LogP contribution < -0.4 is 0 Å². The van der Waals surface area contributed by atoms with Crippen molar-refractivity contribution in [3.8, 4) is 0 Å². The Balaban J connectivity index is 0. The molecule has 3 N–H and O–H groups in total. The third kappa shape index (κ3) is 13.6. The van der Waals surface area contributed by atoms with Gasteiger partial charge in [0.05, 0.1) is 26.2 Å². The average molecular weight is 292 g/mol. The molecule has 0 spiro atoms. The number of aliphatic hydroxyl groups excluding tert-OH is 1. The van der Waals surface area contributed by atoms with Gasteiger partial charge in [-0.05, 0) is 19.3 Å². The van der Waals surface area contributed by atoms with Gasteiger partial charge in [0, 0.05) is 0 Å². The Labute approximate surface area is 123 Å². The molecule has 0 radical (unpaired) electrons.